The van der Waals surface area contributed by atoms with Crippen molar-refractivity contribution in [3.05, 3.63) is 66.1 Å². The van der Waals surface area contributed by atoms with Gasteiger partial charge < -0.3 is 9.09 Å². The minimum atomic E-state index is 0.0396. The molecule has 0 aliphatic heterocycles. The van der Waals surface area contributed by atoms with Crippen LogP contribution in [0.15, 0.2) is 47.8 Å². The largest absolute Gasteiger partial charge is 0.345 e. The number of aryl methyl sites for hydroxylation is 1. The summed E-state index contributed by atoms with van der Waals surface area (Å²) in [5.74, 6) is 1.74. The SMILES string of the molecule is C=CCn1c(C)cc(C(=O)CC(C)(C)C)c1C.CC(c1nc(-c2cccnc2)no1)C(C)(C)C. The Hall–Kier alpha value is -3.02. The maximum absolute atomic E-state index is 12.2. The average Bonchev–Trinajstić information content (AvgIpc) is 3.33. The molecule has 0 aliphatic carbocycles. The van der Waals surface area contributed by atoms with Gasteiger partial charge in [-0.1, -0.05) is 59.7 Å². The number of carbonyl (C=O) groups excluding carboxylic acids is 1. The number of rotatable bonds is 6. The second kappa shape index (κ2) is 10.9. The van der Waals surface area contributed by atoms with E-state index in [2.05, 4.69) is 74.7 Å². The first kappa shape index (κ1) is 27.2. The zero-order chi connectivity index (χ0) is 25.7. The van der Waals surface area contributed by atoms with Crippen LogP contribution in [0.1, 0.15) is 88.4 Å². The van der Waals surface area contributed by atoms with Crippen LogP contribution in [0.25, 0.3) is 11.4 Å². The standard InChI is InChI=1S/C15H23NO.C13H17N3O/c1-7-8-16-11(2)9-13(12(16)3)14(17)10-15(4,5)6;1-9(13(2,3)4)12-15-11(16-17-12)10-6-5-7-14-8-10/h7,9H,1,8,10H2,2-6H3;5-9H,1-4H3. The van der Waals surface area contributed by atoms with Crippen LogP contribution >= 0.6 is 0 Å². The van der Waals surface area contributed by atoms with Gasteiger partial charge in [0.05, 0.1) is 0 Å². The lowest BCUT2D eigenvalue weighted by Crippen LogP contribution is -2.15. The van der Waals surface area contributed by atoms with Crippen LogP contribution < -0.4 is 0 Å². The molecule has 184 valence electrons. The van der Waals surface area contributed by atoms with E-state index in [4.69, 9.17) is 4.52 Å². The first-order chi connectivity index (χ1) is 15.7. The van der Waals surface area contributed by atoms with Gasteiger partial charge in [0.25, 0.3) is 0 Å². The van der Waals surface area contributed by atoms with Crippen molar-refractivity contribution in [2.75, 3.05) is 0 Å². The smallest absolute Gasteiger partial charge is 0.230 e. The monoisotopic (exact) mass is 464 g/mol. The fourth-order valence-electron chi connectivity index (χ4n) is 3.46. The zero-order valence-corrected chi connectivity index (χ0v) is 22.3. The Morgan fingerprint density at radius 1 is 1.21 bits per heavy atom. The van der Waals surface area contributed by atoms with Crippen molar-refractivity contribution in [1.82, 2.24) is 19.7 Å². The number of allylic oxidation sites excluding steroid dienone is 1. The maximum Gasteiger partial charge on any atom is 0.230 e. The van der Waals surface area contributed by atoms with Gasteiger partial charge in [-0.05, 0) is 42.9 Å². The van der Waals surface area contributed by atoms with Gasteiger partial charge in [0.2, 0.25) is 11.7 Å². The molecule has 3 aromatic heterocycles. The fourth-order valence-corrected chi connectivity index (χ4v) is 3.46. The number of Topliss-reactive ketones (excluding diaryl/α,β-unsaturated/α-hetero) is 1. The fraction of sp³-hybridized carbons (Fsp3) is 0.500. The molecule has 0 aromatic carbocycles. The molecule has 1 unspecified atom stereocenters. The van der Waals surface area contributed by atoms with Crippen LogP contribution in [0.5, 0.6) is 0 Å². The van der Waals surface area contributed by atoms with Crippen molar-refractivity contribution in [2.45, 2.75) is 81.2 Å². The van der Waals surface area contributed by atoms with Crippen molar-refractivity contribution < 1.29 is 9.32 Å². The molecule has 0 bridgehead atoms. The second-order valence-corrected chi connectivity index (χ2v) is 11.1. The summed E-state index contributed by atoms with van der Waals surface area (Å²) in [6, 6.07) is 5.77. The second-order valence-electron chi connectivity index (χ2n) is 11.1. The van der Waals surface area contributed by atoms with E-state index in [1.165, 1.54) is 0 Å². The minimum Gasteiger partial charge on any atom is -0.345 e. The quantitative estimate of drug-likeness (QED) is 0.285. The molecule has 3 heterocycles. The molecular formula is C28H40N4O2. The van der Waals surface area contributed by atoms with Crippen LogP contribution in [0, 0.1) is 24.7 Å². The van der Waals surface area contributed by atoms with Crippen molar-refractivity contribution in [3.8, 4) is 11.4 Å². The number of hydrogen-bond acceptors (Lipinski definition) is 5. The molecule has 0 radical (unpaired) electrons. The summed E-state index contributed by atoms with van der Waals surface area (Å²) in [6.45, 7) is 23.4. The van der Waals surface area contributed by atoms with Gasteiger partial charge >= 0.3 is 0 Å². The van der Waals surface area contributed by atoms with E-state index in [0.29, 0.717) is 18.1 Å². The van der Waals surface area contributed by atoms with Gasteiger partial charge in [-0.25, -0.2) is 0 Å². The molecule has 1 atom stereocenters. The molecule has 0 N–H and O–H groups in total. The third-order valence-electron chi connectivity index (χ3n) is 5.91. The Labute approximate surface area is 204 Å². The van der Waals surface area contributed by atoms with Crippen LogP contribution in [-0.4, -0.2) is 25.5 Å². The third kappa shape index (κ3) is 7.24. The number of pyridine rings is 1. The summed E-state index contributed by atoms with van der Waals surface area (Å²) < 4.78 is 7.45. The Kier molecular flexibility index (Phi) is 8.76. The number of aromatic nitrogens is 4. The van der Waals surface area contributed by atoms with Crippen LogP contribution in [0.3, 0.4) is 0 Å². The molecule has 3 rings (SSSR count). The summed E-state index contributed by atoms with van der Waals surface area (Å²) in [5, 5.41) is 3.99. The normalized spacial score (nSPS) is 12.6. The van der Waals surface area contributed by atoms with Crippen molar-refractivity contribution in [3.63, 3.8) is 0 Å². The minimum absolute atomic E-state index is 0.0396. The summed E-state index contributed by atoms with van der Waals surface area (Å²) in [5.41, 5.74) is 4.07. The van der Waals surface area contributed by atoms with Crippen LogP contribution in [0.2, 0.25) is 0 Å². The molecular weight excluding hydrogens is 424 g/mol. The van der Waals surface area contributed by atoms with E-state index in [9.17, 15) is 4.79 Å². The van der Waals surface area contributed by atoms with Crippen molar-refractivity contribution >= 4 is 5.78 Å². The van der Waals surface area contributed by atoms with E-state index in [-0.39, 0.29) is 22.5 Å². The molecule has 6 nitrogen and oxygen atoms in total. The molecule has 0 amide bonds. The lowest BCUT2D eigenvalue weighted by Gasteiger charge is -2.23. The zero-order valence-electron chi connectivity index (χ0n) is 22.3. The Morgan fingerprint density at radius 2 is 1.88 bits per heavy atom. The Balaban J connectivity index is 0.000000240. The molecule has 3 aromatic rings. The van der Waals surface area contributed by atoms with E-state index in [1.807, 2.05) is 38.1 Å². The summed E-state index contributed by atoms with van der Waals surface area (Å²) in [4.78, 5) is 20.7. The maximum atomic E-state index is 12.2. The topological polar surface area (TPSA) is 73.8 Å². The van der Waals surface area contributed by atoms with Crippen LogP contribution in [-0.2, 0) is 6.54 Å². The molecule has 6 heteroatoms. The lowest BCUT2D eigenvalue weighted by molar-refractivity contribution is 0.0939. The van der Waals surface area contributed by atoms with Crippen molar-refractivity contribution in [2.24, 2.45) is 10.8 Å². The number of hydrogen-bond donors (Lipinski definition) is 0. The molecule has 34 heavy (non-hydrogen) atoms. The van der Waals surface area contributed by atoms with Gasteiger partial charge in [0.1, 0.15) is 0 Å². The predicted molar refractivity (Wildman–Crippen MR) is 138 cm³/mol. The summed E-state index contributed by atoms with van der Waals surface area (Å²) >= 11 is 0. The predicted octanol–water partition coefficient (Wildman–Crippen LogP) is 7.19. The van der Waals surface area contributed by atoms with Gasteiger partial charge in [0, 0.05) is 53.8 Å². The highest BCUT2D eigenvalue weighted by atomic mass is 16.5. The molecule has 0 spiro atoms. The first-order valence-electron chi connectivity index (χ1n) is 11.8. The summed E-state index contributed by atoms with van der Waals surface area (Å²) in [6.07, 6.45) is 5.90. The number of carbonyl (C=O) groups is 1. The third-order valence-corrected chi connectivity index (χ3v) is 5.91. The van der Waals surface area contributed by atoms with Gasteiger partial charge in [-0.2, -0.15) is 4.98 Å². The number of nitrogens with zero attached hydrogens (tertiary/aromatic N) is 4. The molecule has 0 saturated heterocycles. The van der Waals surface area contributed by atoms with Gasteiger partial charge in [0.15, 0.2) is 5.78 Å². The highest BCUT2D eigenvalue weighted by Crippen LogP contribution is 2.34. The summed E-state index contributed by atoms with van der Waals surface area (Å²) in [7, 11) is 0. The average molecular weight is 465 g/mol. The van der Waals surface area contributed by atoms with E-state index < -0.39 is 0 Å². The van der Waals surface area contributed by atoms with Crippen LogP contribution in [0.4, 0.5) is 0 Å². The highest BCUT2D eigenvalue weighted by Gasteiger charge is 2.27. The van der Waals surface area contributed by atoms with E-state index >= 15 is 0 Å². The van der Waals surface area contributed by atoms with E-state index in [1.54, 1.807) is 12.4 Å². The molecule has 0 saturated carbocycles. The molecule has 0 aliphatic rings. The lowest BCUT2D eigenvalue weighted by atomic mass is 9.82. The Bertz CT molecular complexity index is 1100. The first-order valence-corrected chi connectivity index (χ1v) is 11.8. The highest BCUT2D eigenvalue weighted by molar-refractivity contribution is 5.97. The molecule has 0 fully saturated rings. The Morgan fingerprint density at radius 3 is 2.41 bits per heavy atom. The van der Waals surface area contributed by atoms with Crippen molar-refractivity contribution in [1.29, 1.82) is 0 Å². The van der Waals surface area contributed by atoms with Gasteiger partial charge in [-0.3, -0.25) is 9.78 Å². The number of ketones is 1. The van der Waals surface area contributed by atoms with Gasteiger partial charge in [-0.15, -0.1) is 6.58 Å². The van der Waals surface area contributed by atoms with E-state index in [0.717, 1.165) is 29.1 Å².